The number of fused-ring (bicyclic) bond motifs is 1. The van der Waals surface area contributed by atoms with Gasteiger partial charge in [-0.3, -0.25) is 0 Å². The first kappa shape index (κ1) is 13.5. The molecule has 0 atom stereocenters. The predicted molar refractivity (Wildman–Crippen MR) is 81.3 cm³/mol. The van der Waals surface area contributed by atoms with Crippen molar-refractivity contribution in [1.82, 2.24) is 4.98 Å². The number of halogens is 1. The third-order valence-electron chi connectivity index (χ3n) is 2.99. The highest BCUT2D eigenvalue weighted by Gasteiger charge is 2.15. The van der Waals surface area contributed by atoms with E-state index in [1.807, 2.05) is 12.3 Å². The van der Waals surface area contributed by atoms with E-state index in [1.165, 1.54) is 4.88 Å². The standard InChI is InChI=1S/C14H15ClN2O2S/c1-2-14-17-8-9(20-14)7-16-11-6-13-12(5-10(11)15)18-3-4-19-13/h5-6,8,16H,2-4,7H2,1H3. The summed E-state index contributed by atoms with van der Waals surface area (Å²) in [5, 5.41) is 5.10. The summed E-state index contributed by atoms with van der Waals surface area (Å²) in [6, 6.07) is 3.68. The molecule has 1 N–H and O–H groups in total. The van der Waals surface area contributed by atoms with Gasteiger partial charge in [-0.05, 0) is 6.42 Å². The third kappa shape index (κ3) is 2.83. The minimum atomic E-state index is 0.566. The first-order valence-corrected chi connectivity index (χ1v) is 7.72. The number of thiazole rings is 1. The Bertz CT molecular complexity index is 615. The number of hydrogen-bond donors (Lipinski definition) is 1. The molecule has 0 amide bonds. The zero-order chi connectivity index (χ0) is 13.9. The molecule has 0 spiro atoms. The molecule has 0 fully saturated rings. The van der Waals surface area contributed by atoms with E-state index < -0.39 is 0 Å². The molecule has 0 unspecified atom stereocenters. The van der Waals surface area contributed by atoms with Gasteiger partial charge < -0.3 is 14.8 Å². The second-order valence-electron chi connectivity index (χ2n) is 4.40. The molecule has 0 radical (unpaired) electrons. The monoisotopic (exact) mass is 310 g/mol. The second-order valence-corrected chi connectivity index (χ2v) is 6.01. The Morgan fingerprint density at radius 3 is 2.75 bits per heavy atom. The van der Waals surface area contributed by atoms with Crippen molar-refractivity contribution >= 4 is 28.6 Å². The van der Waals surface area contributed by atoms with Gasteiger partial charge in [0.2, 0.25) is 0 Å². The van der Waals surface area contributed by atoms with Crippen LogP contribution in [-0.4, -0.2) is 18.2 Å². The summed E-state index contributed by atoms with van der Waals surface area (Å²) in [4.78, 5) is 5.53. The van der Waals surface area contributed by atoms with Crippen LogP contribution in [0.3, 0.4) is 0 Å². The van der Waals surface area contributed by atoms with Gasteiger partial charge in [-0.25, -0.2) is 4.98 Å². The van der Waals surface area contributed by atoms with Gasteiger partial charge in [0.25, 0.3) is 0 Å². The highest BCUT2D eigenvalue weighted by Crippen LogP contribution is 2.38. The molecule has 1 aliphatic rings. The normalized spacial score (nSPS) is 13.3. The minimum absolute atomic E-state index is 0.566. The number of aromatic nitrogens is 1. The Morgan fingerprint density at radius 2 is 2.05 bits per heavy atom. The van der Waals surface area contributed by atoms with Gasteiger partial charge in [0, 0.05) is 23.2 Å². The van der Waals surface area contributed by atoms with Gasteiger partial charge in [-0.2, -0.15) is 0 Å². The fourth-order valence-electron chi connectivity index (χ4n) is 1.97. The zero-order valence-corrected chi connectivity index (χ0v) is 12.7. The smallest absolute Gasteiger partial charge is 0.163 e. The topological polar surface area (TPSA) is 43.4 Å². The molecule has 3 rings (SSSR count). The molecule has 6 heteroatoms. The molecule has 1 aromatic heterocycles. The van der Waals surface area contributed by atoms with Gasteiger partial charge in [-0.15, -0.1) is 11.3 Å². The molecule has 20 heavy (non-hydrogen) atoms. The predicted octanol–water partition coefficient (Wildman–Crippen LogP) is 3.74. The van der Waals surface area contributed by atoms with Gasteiger partial charge in [-0.1, -0.05) is 18.5 Å². The van der Waals surface area contributed by atoms with E-state index in [0.717, 1.165) is 22.9 Å². The molecule has 1 aliphatic heterocycles. The van der Waals surface area contributed by atoms with Crippen LogP contribution in [0.5, 0.6) is 11.5 Å². The molecular weight excluding hydrogens is 296 g/mol. The molecule has 0 bridgehead atoms. The van der Waals surface area contributed by atoms with Crippen molar-refractivity contribution in [3.05, 3.63) is 33.2 Å². The average molecular weight is 311 g/mol. The summed E-state index contributed by atoms with van der Waals surface area (Å²) in [6.07, 6.45) is 2.87. The molecule has 0 saturated carbocycles. The molecule has 4 nitrogen and oxygen atoms in total. The maximum Gasteiger partial charge on any atom is 0.163 e. The summed E-state index contributed by atoms with van der Waals surface area (Å²) < 4.78 is 11.1. The van der Waals surface area contributed by atoms with Gasteiger partial charge >= 0.3 is 0 Å². The Morgan fingerprint density at radius 1 is 1.30 bits per heavy atom. The zero-order valence-electron chi connectivity index (χ0n) is 11.1. The van der Waals surface area contributed by atoms with E-state index in [0.29, 0.717) is 30.5 Å². The van der Waals surface area contributed by atoms with Crippen LogP contribution in [0.15, 0.2) is 18.3 Å². The van der Waals surface area contributed by atoms with Crippen molar-refractivity contribution in [1.29, 1.82) is 0 Å². The largest absolute Gasteiger partial charge is 0.486 e. The fraction of sp³-hybridized carbons (Fsp3) is 0.357. The van der Waals surface area contributed by atoms with E-state index in [4.69, 9.17) is 21.1 Å². The number of ether oxygens (including phenoxy) is 2. The maximum absolute atomic E-state index is 6.25. The second kappa shape index (κ2) is 5.89. The Labute approximate surface area is 126 Å². The lowest BCUT2D eigenvalue weighted by Crippen LogP contribution is -2.15. The highest BCUT2D eigenvalue weighted by atomic mass is 35.5. The lowest BCUT2D eigenvalue weighted by atomic mass is 10.2. The Balaban J connectivity index is 1.73. The fourth-order valence-corrected chi connectivity index (χ4v) is 3.00. The van der Waals surface area contributed by atoms with Gasteiger partial charge in [0.1, 0.15) is 13.2 Å². The number of aryl methyl sites for hydroxylation is 1. The van der Waals surface area contributed by atoms with Crippen molar-refractivity contribution in [3.63, 3.8) is 0 Å². The van der Waals surface area contributed by atoms with Crippen LogP contribution < -0.4 is 14.8 Å². The van der Waals surface area contributed by atoms with E-state index in [-0.39, 0.29) is 0 Å². The maximum atomic E-state index is 6.25. The third-order valence-corrected chi connectivity index (χ3v) is 4.44. The van der Waals surface area contributed by atoms with E-state index in [2.05, 4.69) is 17.2 Å². The quantitative estimate of drug-likeness (QED) is 0.934. The molecular formula is C14H15ClN2O2S. The summed E-state index contributed by atoms with van der Waals surface area (Å²) >= 11 is 7.96. The van der Waals surface area contributed by atoms with Crippen molar-refractivity contribution in [2.45, 2.75) is 19.9 Å². The number of nitrogens with one attached hydrogen (secondary N) is 1. The van der Waals surface area contributed by atoms with Crippen molar-refractivity contribution in [2.24, 2.45) is 0 Å². The van der Waals surface area contributed by atoms with Crippen LogP contribution in [0, 0.1) is 0 Å². The summed E-state index contributed by atoms with van der Waals surface area (Å²) in [5.74, 6) is 1.44. The van der Waals surface area contributed by atoms with Crippen molar-refractivity contribution < 1.29 is 9.47 Å². The first-order valence-electron chi connectivity index (χ1n) is 6.53. The van der Waals surface area contributed by atoms with Crippen molar-refractivity contribution in [3.8, 4) is 11.5 Å². The van der Waals surface area contributed by atoms with Crippen molar-refractivity contribution in [2.75, 3.05) is 18.5 Å². The lowest BCUT2D eigenvalue weighted by molar-refractivity contribution is 0.171. The molecule has 1 aromatic carbocycles. The minimum Gasteiger partial charge on any atom is -0.486 e. The van der Waals surface area contributed by atoms with Gasteiger partial charge in [0.05, 0.1) is 22.3 Å². The summed E-state index contributed by atoms with van der Waals surface area (Å²) in [5.41, 5.74) is 0.849. The molecule has 2 aromatic rings. The van der Waals surface area contributed by atoms with Crippen LogP contribution >= 0.6 is 22.9 Å². The van der Waals surface area contributed by atoms with E-state index in [9.17, 15) is 0 Å². The van der Waals surface area contributed by atoms with E-state index >= 15 is 0 Å². The Hall–Kier alpha value is -1.46. The Kier molecular flexibility index (Phi) is 3.98. The lowest BCUT2D eigenvalue weighted by Gasteiger charge is -2.20. The van der Waals surface area contributed by atoms with Crippen LogP contribution in [0.2, 0.25) is 5.02 Å². The average Bonchev–Trinajstić information content (AvgIpc) is 2.93. The summed E-state index contributed by atoms with van der Waals surface area (Å²) in [7, 11) is 0. The number of hydrogen-bond acceptors (Lipinski definition) is 5. The molecule has 106 valence electrons. The number of rotatable bonds is 4. The van der Waals surface area contributed by atoms with Crippen LogP contribution in [0.1, 0.15) is 16.8 Å². The molecule has 0 aliphatic carbocycles. The van der Waals surface area contributed by atoms with Crippen LogP contribution in [0.4, 0.5) is 5.69 Å². The highest BCUT2D eigenvalue weighted by molar-refractivity contribution is 7.11. The molecule has 2 heterocycles. The first-order chi connectivity index (χ1) is 9.76. The SMILES string of the molecule is CCc1ncc(CNc2cc3c(cc2Cl)OCCO3)s1. The number of benzene rings is 1. The number of nitrogens with zero attached hydrogens (tertiary/aromatic N) is 1. The van der Waals surface area contributed by atoms with E-state index in [1.54, 1.807) is 17.4 Å². The van der Waals surface area contributed by atoms with Crippen LogP contribution in [0.25, 0.3) is 0 Å². The molecule has 0 saturated heterocycles. The number of anilines is 1. The van der Waals surface area contributed by atoms with Crippen LogP contribution in [-0.2, 0) is 13.0 Å². The summed E-state index contributed by atoms with van der Waals surface area (Å²) in [6.45, 7) is 3.95. The van der Waals surface area contributed by atoms with Gasteiger partial charge in [0.15, 0.2) is 11.5 Å².